The summed E-state index contributed by atoms with van der Waals surface area (Å²) in [6, 6.07) is 16.5. The van der Waals surface area contributed by atoms with Gasteiger partial charge in [0.05, 0.1) is 15.6 Å². The molecule has 0 bridgehead atoms. The third-order valence-electron chi connectivity index (χ3n) is 6.39. The van der Waals surface area contributed by atoms with E-state index in [9.17, 15) is 22.8 Å². The number of halogens is 2. The summed E-state index contributed by atoms with van der Waals surface area (Å²) < 4.78 is 28.3. The number of nitrogens with zero attached hydrogens (tertiary/aromatic N) is 1. The molecule has 2 atom stereocenters. The van der Waals surface area contributed by atoms with Gasteiger partial charge in [-0.25, -0.2) is 8.42 Å². The summed E-state index contributed by atoms with van der Waals surface area (Å²) in [5.41, 5.74) is 0.574. The van der Waals surface area contributed by atoms with Crippen LogP contribution in [-0.2, 0) is 14.8 Å². The molecule has 198 valence electrons. The van der Waals surface area contributed by atoms with Gasteiger partial charge in [0, 0.05) is 34.3 Å². The molecule has 38 heavy (non-hydrogen) atoms. The predicted octanol–water partition coefficient (Wildman–Crippen LogP) is 5.82. The molecule has 3 aromatic carbocycles. The summed E-state index contributed by atoms with van der Waals surface area (Å²) in [5, 5.41) is 2.77. The molecular formula is C28H26BrClN2O5S. The lowest BCUT2D eigenvalue weighted by atomic mass is 9.94. The number of anilines is 1. The molecule has 0 saturated carbocycles. The molecule has 1 aliphatic rings. The summed E-state index contributed by atoms with van der Waals surface area (Å²) >= 11 is 9.51. The van der Waals surface area contributed by atoms with Crippen LogP contribution in [0.2, 0.25) is 5.02 Å². The van der Waals surface area contributed by atoms with E-state index in [2.05, 4.69) is 21.2 Å². The first-order chi connectivity index (χ1) is 18.0. The van der Waals surface area contributed by atoms with Crippen LogP contribution in [0.5, 0.6) is 0 Å². The highest BCUT2D eigenvalue weighted by Gasteiger charge is 2.32. The Morgan fingerprint density at radius 1 is 0.921 bits per heavy atom. The van der Waals surface area contributed by atoms with Crippen molar-refractivity contribution in [1.29, 1.82) is 0 Å². The van der Waals surface area contributed by atoms with Gasteiger partial charge >= 0.3 is 0 Å². The Morgan fingerprint density at radius 2 is 1.55 bits per heavy atom. The van der Waals surface area contributed by atoms with Crippen LogP contribution in [0, 0.1) is 11.8 Å². The van der Waals surface area contributed by atoms with Crippen molar-refractivity contribution in [1.82, 2.24) is 4.31 Å². The van der Waals surface area contributed by atoms with Crippen molar-refractivity contribution >= 4 is 60.7 Å². The first kappa shape index (κ1) is 28.2. The Kier molecular flexibility index (Phi) is 8.52. The Labute approximate surface area is 235 Å². The molecule has 0 aliphatic carbocycles. The van der Waals surface area contributed by atoms with E-state index in [1.54, 1.807) is 30.3 Å². The Hall–Kier alpha value is -2.85. The summed E-state index contributed by atoms with van der Waals surface area (Å²) in [5.74, 6) is -1.74. The molecule has 0 aromatic heterocycles. The van der Waals surface area contributed by atoms with Gasteiger partial charge in [0.15, 0.2) is 5.78 Å². The summed E-state index contributed by atoms with van der Waals surface area (Å²) in [4.78, 5) is 39.0. The highest BCUT2D eigenvalue weighted by atomic mass is 79.9. The molecule has 4 rings (SSSR count). The first-order valence-corrected chi connectivity index (χ1v) is 14.6. The maximum absolute atomic E-state index is 13.2. The average molecular weight is 618 g/mol. The molecule has 1 heterocycles. The van der Waals surface area contributed by atoms with Gasteiger partial charge in [0.25, 0.3) is 11.7 Å². The number of hydrogen-bond donors (Lipinski definition) is 1. The SMILES string of the molecule is C[C@@H]1C[C@@H](C)CN(S(=O)(=O)c2ccc(C(=O)C(=O)Nc3ccc(Br)cc3C(=O)c3ccccc3Cl)cc2)C1. The third kappa shape index (κ3) is 6.07. The maximum Gasteiger partial charge on any atom is 0.296 e. The van der Waals surface area contributed by atoms with Crippen LogP contribution in [0.15, 0.2) is 76.1 Å². The fourth-order valence-electron chi connectivity index (χ4n) is 4.64. The van der Waals surface area contributed by atoms with Crippen LogP contribution < -0.4 is 5.32 Å². The molecular weight excluding hydrogens is 592 g/mol. The highest BCUT2D eigenvalue weighted by molar-refractivity contribution is 9.10. The lowest BCUT2D eigenvalue weighted by molar-refractivity contribution is -0.112. The number of Topliss-reactive ketones (excluding diaryl/α,β-unsaturated/α-hetero) is 1. The van der Waals surface area contributed by atoms with Gasteiger partial charge < -0.3 is 5.32 Å². The number of nitrogens with one attached hydrogen (secondary N) is 1. The van der Waals surface area contributed by atoms with Crippen LogP contribution in [0.4, 0.5) is 5.69 Å². The second-order valence-corrected chi connectivity index (χ2v) is 12.8. The third-order valence-corrected chi connectivity index (χ3v) is 9.06. The normalized spacial score (nSPS) is 18.1. The van der Waals surface area contributed by atoms with Gasteiger partial charge in [-0.15, -0.1) is 0 Å². The Bertz CT molecular complexity index is 1500. The fourth-order valence-corrected chi connectivity index (χ4v) is 6.91. The number of carbonyl (C=O) groups excluding carboxylic acids is 3. The minimum Gasteiger partial charge on any atom is -0.318 e. The van der Waals surface area contributed by atoms with Crippen LogP contribution >= 0.6 is 27.5 Å². The van der Waals surface area contributed by atoms with E-state index >= 15 is 0 Å². The zero-order chi connectivity index (χ0) is 27.6. The number of sulfonamides is 1. The minimum atomic E-state index is -3.72. The zero-order valence-corrected chi connectivity index (χ0v) is 23.9. The van der Waals surface area contributed by atoms with Gasteiger partial charge in [-0.3, -0.25) is 14.4 Å². The van der Waals surface area contributed by atoms with Gasteiger partial charge in [0.2, 0.25) is 10.0 Å². The fraction of sp³-hybridized carbons (Fsp3) is 0.250. The molecule has 1 amide bonds. The maximum atomic E-state index is 13.2. The second kappa shape index (κ2) is 11.5. The van der Waals surface area contributed by atoms with Crippen LogP contribution in [-0.4, -0.2) is 43.3 Å². The standard InChI is InChI=1S/C28H26BrClN2O5S/c1-17-13-18(2)16-32(15-17)38(36,37)21-10-7-19(8-11-21)26(33)28(35)31-25-12-9-20(29)14-23(25)27(34)22-5-3-4-6-24(22)30/h3-12,14,17-18H,13,15-16H2,1-2H3,(H,31,35)/t17-,18-/m1/s1. The number of carbonyl (C=O) groups is 3. The Morgan fingerprint density at radius 3 is 2.18 bits per heavy atom. The molecule has 0 unspecified atom stereocenters. The smallest absolute Gasteiger partial charge is 0.296 e. The van der Waals surface area contributed by atoms with Crippen molar-refractivity contribution in [2.24, 2.45) is 11.8 Å². The number of benzene rings is 3. The van der Waals surface area contributed by atoms with Gasteiger partial charge in [-0.2, -0.15) is 4.31 Å². The molecule has 0 radical (unpaired) electrons. The number of rotatable bonds is 7. The van der Waals surface area contributed by atoms with Crippen molar-refractivity contribution in [2.75, 3.05) is 18.4 Å². The molecule has 7 nitrogen and oxygen atoms in total. The number of hydrogen-bond acceptors (Lipinski definition) is 5. The largest absolute Gasteiger partial charge is 0.318 e. The average Bonchev–Trinajstić information content (AvgIpc) is 2.88. The first-order valence-electron chi connectivity index (χ1n) is 12.0. The van der Waals surface area contributed by atoms with Crippen LogP contribution in [0.1, 0.15) is 46.5 Å². The van der Waals surface area contributed by atoms with E-state index in [1.165, 1.54) is 40.7 Å². The van der Waals surface area contributed by atoms with Gasteiger partial charge in [0.1, 0.15) is 0 Å². The summed E-state index contributed by atoms with van der Waals surface area (Å²) in [6.07, 6.45) is 0.971. The van der Waals surface area contributed by atoms with E-state index < -0.39 is 27.5 Å². The van der Waals surface area contributed by atoms with E-state index in [-0.39, 0.29) is 44.1 Å². The van der Waals surface area contributed by atoms with Gasteiger partial charge in [-0.1, -0.05) is 53.5 Å². The van der Waals surface area contributed by atoms with Crippen molar-refractivity contribution in [3.05, 3.63) is 92.9 Å². The van der Waals surface area contributed by atoms with Crippen molar-refractivity contribution in [2.45, 2.75) is 25.2 Å². The molecule has 1 aliphatic heterocycles. The van der Waals surface area contributed by atoms with Crippen LogP contribution in [0.25, 0.3) is 0 Å². The lowest BCUT2D eigenvalue weighted by Gasteiger charge is -2.34. The highest BCUT2D eigenvalue weighted by Crippen LogP contribution is 2.28. The van der Waals surface area contributed by atoms with Crippen molar-refractivity contribution in [3.63, 3.8) is 0 Å². The topological polar surface area (TPSA) is 101 Å². The molecule has 1 saturated heterocycles. The van der Waals surface area contributed by atoms with Gasteiger partial charge in [-0.05, 0) is 72.9 Å². The molecule has 1 N–H and O–H groups in total. The van der Waals surface area contributed by atoms with E-state index in [1.807, 2.05) is 13.8 Å². The number of ketones is 2. The molecule has 10 heteroatoms. The lowest BCUT2D eigenvalue weighted by Crippen LogP contribution is -2.42. The molecule has 3 aromatic rings. The monoisotopic (exact) mass is 616 g/mol. The second-order valence-electron chi connectivity index (χ2n) is 9.57. The van der Waals surface area contributed by atoms with Crippen molar-refractivity contribution in [3.8, 4) is 0 Å². The zero-order valence-electron chi connectivity index (χ0n) is 20.8. The number of piperidine rings is 1. The van der Waals surface area contributed by atoms with Crippen LogP contribution in [0.3, 0.4) is 0 Å². The number of amides is 1. The van der Waals surface area contributed by atoms with E-state index in [0.717, 1.165) is 6.42 Å². The summed E-state index contributed by atoms with van der Waals surface area (Å²) in [7, 11) is -3.72. The summed E-state index contributed by atoms with van der Waals surface area (Å²) in [6.45, 7) is 4.94. The van der Waals surface area contributed by atoms with E-state index in [4.69, 9.17) is 11.6 Å². The molecule has 0 spiro atoms. The predicted molar refractivity (Wildman–Crippen MR) is 150 cm³/mol. The minimum absolute atomic E-state index is 0.0259. The van der Waals surface area contributed by atoms with Crippen molar-refractivity contribution < 1.29 is 22.8 Å². The quantitative estimate of drug-likeness (QED) is 0.266. The van der Waals surface area contributed by atoms with E-state index in [0.29, 0.717) is 17.6 Å². The molecule has 1 fully saturated rings. The Balaban J connectivity index is 1.53.